The molecule has 1 heterocycles. The van der Waals surface area contributed by atoms with E-state index < -0.39 is 0 Å². The highest BCUT2D eigenvalue weighted by atomic mass is 79.9. The molecule has 5 nitrogen and oxygen atoms in total. The number of carbonyl (C=O) groups is 2. The Morgan fingerprint density at radius 2 is 1.68 bits per heavy atom. The number of hydrogen-bond donors (Lipinski definition) is 0. The molecule has 6 heteroatoms. The summed E-state index contributed by atoms with van der Waals surface area (Å²) in [5.41, 5.74) is 3.26. The standard InChI is InChI=1S/C28H25BrN2O3/c1-3-4-17-34-25-15-9-22(10-16-25)27-30-26(18-20-5-11-23(29)12-6-20)28(33)31(27)24-13-7-21(8-14-24)19(2)32/h5-16,18H,3-4,17H2,1-2H3. The second-order valence-corrected chi connectivity index (χ2v) is 8.90. The maximum absolute atomic E-state index is 13.5. The normalized spacial score (nSPS) is 14.4. The summed E-state index contributed by atoms with van der Waals surface area (Å²) in [5, 5.41) is 0. The third-order valence-corrected chi connectivity index (χ3v) is 5.97. The van der Waals surface area contributed by atoms with E-state index in [-0.39, 0.29) is 11.7 Å². The van der Waals surface area contributed by atoms with Crippen LogP contribution >= 0.6 is 15.9 Å². The van der Waals surface area contributed by atoms with Crippen LogP contribution < -0.4 is 9.64 Å². The first kappa shape index (κ1) is 23.6. The van der Waals surface area contributed by atoms with Crippen LogP contribution in [0.2, 0.25) is 0 Å². The summed E-state index contributed by atoms with van der Waals surface area (Å²) in [6.45, 7) is 4.31. The van der Waals surface area contributed by atoms with Crippen LogP contribution in [0.1, 0.15) is 48.2 Å². The zero-order valence-corrected chi connectivity index (χ0v) is 20.7. The Balaban J connectivity index is 1.71. The smallest absolute Gasteiger partial charge is 0.282 e. The van der Waals surface area contributed by atoms with Gasteiger partial charge in [-0.1, -0.05) is 41.4 Å². The monoisotopic (exact) mass is 516 g/mol. The molecule has 4 rings (SSSR count). The minimum Gasteiger partial charge on any atom is -0.494 e. The number of unbranched alkanes of at least 4 members (excludes halogenated alkanes) is 1. The van der Waals surface area contributed by atoms with Crippen LogP contribution in [0.5, 0.6) is 5.75 Å². The Morgan fingerprint density at radius 1 is 1.00 bits per heavy atom. The van der Waals surface area contributed by atoms with E-state index in [1.165, 1.54) is 6.92 Å². The van der Waals surface area contributed by atoms with Crippen molar-refractivity contribution in [3.05, 3.63) is 99.7 Å². The largest absolute Gasteiger partial charge is 0.494 e. The van der Waals surface area contributed by atoms with E-state index >= 15 is 0 Å². The molecule has 0 aliphatic carbocycles. The maximum atomic E-state index is 13.5. The van der Waals surface area contributed by atoms with E-state index in [2.05, 4.69) is 22.9 Å². The average Bonchev–Trinajstić information content (AvgIpc) is 3.17. The van der Waals surface area contributed by atoms with Crippen molar-refractivity contribution in [1.29, 1.82) is 0 Å². The molecule has 0 fully saturated rings. The zero-order valence-electron chi connectivity index (χ0n) is 19.1. The third-order valence-electron chi connectivity index (χ3n) is 5.44. The second kappa shape index (κ2) is 10.6. The van der Waals surface area contributed by atoms with Gasteiger partial charge in [0.05, 0.1) is 12.3 Å². The Labute approximate surface area is 207 Å². The first-order valence-corrected chi connectivity index (χ1v) is 12.0. The number of Topliss-reactive ketones (excluding diaryl/α,β-unsaturated/α-hetero) is 1. The summed E-state index contributed by atoms with van der Waals surface area (Å²) in [4.78, 5) is 31.5. The van der Waals surface area contributed by atoms with Gasteiger partial charge < -0.3 is 4.74 Å². The van der Waals surface area contributed by atoms with Gasteiger partial charge in [0.15, 0.2) is 5.78 Å². The van der Waals surface area contributed by atoms with Crippen molar-refractivity contribution < 1.29 is 14.3 Å². The zero-order chi connectivity index (χ0) is 24.1. The van der Waals surface area contributed by atoms with Gasteiger partial charge in [-0.3, -0.25) is 14.5 Å². The van der Waals surface area contributed by atoms with Crippen molar-refractivity contribution in [2.75, 3.05) is 11.5 Å². The van der Waals surface area contributed by atoms with Crippen LogP contribution in [-0.2, 0) is 4.79 Å². The highest BCUT2D eigenvalue weighted by Crippen LogP contribution is 2.29. The van der Waals surface area contributed by atoms with Crippen molar-refractivity contribution in [2.45, 2.75) is 26.7 Å². The predicted molar refractivity (Wildman–Crippen MR) is 139 cm³/mol. The second-order valence-electron chi connectivity index (χ2n) is 7.99. The number of anilines is 1. The Kier molecular flexibility index (Phi) is 7.38. The number of carbonyl (C=O) groups excluding carboxylic acids is 2. The number of hydrogen-bond acceptors (Lipinski definition) is 4. The van der Waals surface area contributed by atoms with Crippen LogP contribution in [0, 0.1) is 0 Å². The first-order chi connectivity index (χ1) is 16.5. The molecule has 0 unspecified atom stereocenters. The molecule has 1 aliphatic heterocycles. The van der Waals surface area contributed by atoms with Gasteiger partial charge in [-0.05, 0) is 85.6 Å². The summed E-state index contributed by atoms with van der Waals surface area (Å²) in [6.07, 6.45) is 3.85. The average molecular weight is 517 g/mol. The van der Waals surface area contributed by atoms with Gasteiger partial charge >= 0.3 is 0 Å². The lowest BCUT2D eigenvalue weighted by atomic mass is 10.1. The molecule has 0 aromatic heterocycles. The van der Waals surface area contributed by atoms with Crippen LogP contribution in [0.15, 0.2) is 88.0 Å². The number of amides is 1. The Bertz CT molecular complexity index is 1240. The number of benzene rings is 3. The molecule has 0 bridgehead atoms. The lowest BCUT2D eigenvalue weighted by Crippen LogP contribution is -2.32. The van der Waals surface area contributed by atoms with Crippen LogP contribution in [0.25, 0.3) is 6.08 Å². The number of ether oxygens (including phenoxy) is 1. The highest BCUT2D eigenvalue weighted by Gasteiger charge is 2.32. The Morgan fingerprint density at radius 3 is 2.29 bits per heavy atom. The third kappa shape index (κ3) is 5.34. The van der Waals surface area contributed by atoms with Gasteiger partial charge in [0.1, 0.15) is 17.3 Å². The van der Waals surface area contributed by atoms with Gasteiger partial charge in [0.2, 0.25) is 0 Å². The van der Waals surface area contributed by atoms with Crippen molar-refractivity contribution in [2.24, 2.45) is 4.99 Å². The predicted octanol–water partition coefficient (Wildman–Crippen LogP) is 6.67. The van der Waals surface area contributed by atoms with E-state index in [1.54, 1.807) is 35.2 Å². The Hall–Kier alpha value is -3.51. The molecule has 1 aliphatic rings. The minimum atomic E-state index is -0.225. The molecular formula is C28H25BrN2O3. The van der Waals surface area contributed by atoms with Gasteiger partial charge in [0.25, 0.3) is 5.91 Å². The fourth-order valence-electron chi connectivity index (χ4n) is 3.55. The van der Waals surface area contributed by atoms with Gasteiger partial charge in [0, 0.05) is 15.6 Å². The fraction of sp³-hybridized carbons (Fsp3) is 0.179. The van der Waals surface area contributed by atoms with E-state index in [0.29, 0.717) is 29.4 Å². The quantitative estimate of drug-likeness (QED) is 0.191. The number of ketones is 1. The van der Waals surface area contributed by atoms with Crippen LogP contribution in [0.3, 0.4) is 0 Å². The van der Waals surface area contributed by atoms with Crippen molar-refractivity contribution in [3.63, 3.8) is 0 Å². The number of halogens is 1. The van der Waals surface area contributed by atoms with Crippen LogP contribution in [0.4, 0.5) is 5.69 Å². The van der Waals surface area contributed by atoms with Crippen molar-refractivity contribution >= 4 is 45.2 Å². The highest BCUT2D eigenvalue weighted by molar-refractivity contribution is 9.10. The number of aliphatic imine (C=N–C) groups is 1. The lowest BCUT2D eigenvalue weighted by Gasteiger charge is -2.19. The lowest BCUT2D eigenvalue weighted by molar-refractivity contribution is -0.113. The van der Waals surface area contributed by atoms with E-state index in [0.717, 1.165) is 34.2 Å². The summed E-state index contributed by atoms with van der Waals surface area (Å²) in [6, 6.07) is 22.3. The molecule has 0 atom stereocenters. The van der Waals surface area contributed by atoms with Crippen molar-refractivity contribution in [1.82, 2.24) is 0 Å². The molecule has 0 saturated heterocycles. The molecule has 0 spiro atoms. The van der Waals surface area contributed by atoms with Gasteiger partial charge in [-0.25, -0.2) is 4.99 Å². The maximum Gasteiger partial charge on any atom is 0.282 e. The molecule has 172 valence electrons. The SMILES string of the molecule is CCCCOc1ccc(C2=NC(=Cc3ccc(Br)cc3)C(=O)N2c2ccc(C(C)=O)cc2)cc1. The molecule has 3 aromatic carbocycles. The van der Waals surface area contributed by atoms with Gasteiger partial charge in [-0.15, -0.1) is 0 Å². The molecule has 0 N–H and O–H groups in total. The molecule has 34 heavy (non-hydrogen) atoms. The fourth-order valence-corrected chi connectivity index (χ4v) is 3.81. The molecule has 3 aromatic rings. The van der Waals surface area contributed by atoms with Crippen molar-refractivity contribution in [3.8, 4) is 5.75 Å². The summed E-state index contributed by atoms with van der Waals surface area (Å²) >= 11 is 3.43. The molecule has 0 saturated carbocycles. The topological polar surface area (TPSA) is 59.0 Å². The van der Waals surface area contributed by atoms with E-state index in [9.17, 15) is 9.59 Å². The van der Waals surface area contributed by atoms with Crippen LogP contribution in [-0.4, -0.2) is 24.1 Å². The minimum absolute atomic E-state index is 0.0253. The molecule has 1 amide bonds. The number of nitrogens with zero attached hydrogens (tertiary/aromatic N) is 2. The first-order valence-electron chi connectivity index (χ1n) is 11.2. The summed E-state index contributed by atoms with van der Waals surface area (Å²) in [5.74, 6) is 1.06. The molecule has 0 radical (unpaired) electrons. The summed E-state index contributed by atoms with van der Waals surface area (Å²) < 4.78 is 6.74. The van der Waals surface area contributed by atoms with E-state index in [1.807, 2.05) is 48.5 Å². The molecular weight excluding hydrogens is 492 g/mol. The summed E-state index contributed by atoms with van der Waals surface area (Å²) in [7, 11) is 0. The number of amidine groups is 1. The number of rotatable bonds is 8. The van der Waals surface area contributed by atoms with E-state index in [4.69, 9.17) is 9.73 Å². The van der Waals surface area contributed by atoms with Gasteiger partial charge in [-0.2, -0.15) is 0 Å².